The molecule has 0 bridgehead atoms. The first-order valence-corrected chi connectivity index (χ1v) is 12.4. The molecule has 1 atom stereocenters. The molecule has 0 saturated carbocycles. The lowest BCUT2D eigenvalue weighted by molar-refractivity contribution is -0.147. The van der Waals surface area contributed by atoms with Gasteiger partial charge in [-0.3, -0.25) is 14.6 Å². The number of nitrogens with zero attached hydrogens (tertiary/aromatic N) is 2. The van der Waals surface area contributed by atoms with E-state index >= 15 is 0 Å². The van der Waals surface area contributed by atoms with Crippen LogP contribution in [0.2, 0.25) is 5.02 Å². The Morgan fingerprint density at radius 3 is 2.69 bits per heavy atom. The van der Waals surface area contributed by atoms with E-state index < -0.39 is 34.1 Å². The number of fused-ring (bicyclic) bond motifs is 1. The third-order valence-corrected chi connectivity index (χ3v) is 6.69. The van der Waals surface area contributed by atoms with Gasteiger partial charge in [-0.25, -0.2) is 8.42 Å². The Bertz CT molecular complexity index is 1330. The van der Waals surface area contributed by atoms with Crippen LogP contribution in [-0.4, -0.2) is 60.1 Å². The van der Waals surface area contributed by atoms with Crippen molar-refractivity contribution in [3.05, 3.63) is 51.4 Å². The monoisotopic (exact) mass is 498 g/mol. The highest BCUT2D eigenvalue weighted by atomic mass is 35.5. The van der Waals surface area contributed by atoms with Crippen LogP contribution in [0.4, 0.5) is 0 Å². The van der Waals surface area contributed by atoms with E-state index in [-0.39, 0.29) is 40.7 Å². The minimum absolute atomic E-state index is 0.0331. The standard InChI is InChI=1S/C20H19ClN2O7S2/c1-32(28,29)14-7-12(3-5-18(26)30-10-13(25)9-24)22-16(8-14)20-23-19(27)15-4-2-11(21)6-17(15)31-20/h2,4,6-8,13,24-25H,3,5,9-10H2,1H3. The maximum atomic E-state index is 12.4. The quantitative estimate of drug-likeness (QED) is 0.442. The molecule has 3 aromatic rings. The number of carbonyl (C=O) groups excluding carboxylic acids is 1. The number of benzene rings is 1. The number of carbonyl (C=O) groups is 1. The fourth-order valence-electron chi connectivity index (χ4n) is 2.70. The molecule has 3 rings (SSSR count). The molecule has 2 aromatic heterocycles. The molecular formula is C20H19ClN2O7S2. The number of aliphatic hydroxyl groups is 2. The highest BCUT2D eigenvalue weighted by Crippen LogP contribution is 2.28. The first kappa shape index (κ1) is 24.2. The van der Waals surface area contributed by atoms with E-state index in [1.54, 1.807) is 18.2 Å². The first-order chi connectivity index (χ1) is 15.1. The van der Waals surface area contributed by atoms with E-state index in [0.717, 1.165) is 17.6 Å². The number of halogens is 1. The van der Waals surface area contributed by atoms with E-state index in [1.165, 1.54) is 12.1 Å². The van der Waals surface area contributed by atoms with Crippen molar-refractivity contribution >= 4 is 48.8 Å². The average molecular weight is 499 g/mol. The lowest BCUT2D eigenvalue weighted by Crippen LogP contribution is -2.22. The third-order valence-electron chi connectivity index (χ3n) is 4.32. The van der Waals surface area contributed by atoms with Gasteiger partial charge >= 0.3 is 5.97 Å². The van der Waals surface area contributed by atoms with Crippen molar-refractivity contribution in [3.63, 3.8) is 0 Å². The fourth-order valence-corrected chi connectivity index (χ4v) is 4.61. The summed E-state index contributed by atoms with van der Waals surface area (Å²) in [5.41, 5.74) is -0.0317. The summed E-state index contributed by atoms with van der Waals surface area (Å²) in [6.07, 6.45) is -0.211. The van der Waals surface area contributed by atoms with Crippen LogP contribution >= 0.6 is 22.9 Å². The number of aliphatic hydroxyl groups excluding tert-OH is 2. The Morgan fingerprint density at radius 1 is 1.25 bits per heavy atom. The maximum absolute atomic E-state index is 12.4. The van der Waals surface area contributed by atoms with Crippen LogP contribution in [0.15, 0.2) is 40.0 Å². The number of ether oxygens (including phenoxy) is 1. The molecule has 0 saturated heterocycles. The van der Waals surface area contributed by atoms with Gasteiger partial charge in [0.25, 0.3) is 5.56 Å². The summed E-state index contributed by atoms with van der Waals surface area (Å²) in [5.74, 6) is -0.645. The van der Waals surface area contributed by atoms with Crippen molar-refractivity contribution in [1.82, 2.24) is 9.97 Å². The number of esters is 1. The van der Waals surface area contributed by atoms with Crippen LogP contribution in [0.25, 0.3) is 20.8 Å². The molecule has 0 fully saturated rings. The lowest BCUT2D eigenvalue weighted by Gasteiger charge is -2.10. The predicted molar refractivity (Wildman–Crippen MR) is 120 cm³/mol. The summed E-state index contributed by atoms with van der Waals surface area (Å²) in [6, 6.07) is 7.43. The molecule has 170 valence electrons. The van der Waals surface area contributed by atoms with Crippen molar-refractivity contribution in [1.29, 1.82) is 0 Å². The van der Waals surface area contributed by atoms with Crippen LogP contribution in [0.5, 0.6) is 0 Å². The van der Waals surface area contributed by atoms with Gasteiger partial charge in [0.15, 0.2) is 9.84 Å². The second-order valence-electron chi connectivity index (χ2n) is 6.94. The summed E-state index contributed by atoms with van der Waals surface area (Å²) in [6.45, 7) is -0.893. The number of sulfone groups is 1. The topological polar surface area (TPSA) is 144 Å². The van der Waals surface area contributed by atoms with Gasteiger partial charge in [-0.1, -0.05) is 11.6 Å². The van der Waals surface area contributed by atoms with E-state index in [4.69, 9.17) is 21.4 Å². The summed E-state index contributed by atoms with van der Waals surface area (Å²) < 4.78 is 29.8. The highest BCUT2D eigenvalue weighted by molar-refractivity contribution is 7.90. The van der Waals surface area contributed by atoms with E-state index in [2.05, 4.69) is 9.97 Å². The number of aromatic nitrogens is 2. The zero-order valence-electron chi connectivity index (χ0n) is 16.8. The number of pyridine rings is 1. The van der Waals surface area contributed by atoms with E-state index in [1.807, 2.05) is 0 Å². The zero-order chi connectivity index (χ0) is 23.5. The number of aryl methyl sites for hydroxylation is 1. The van der Waals surface area contributed by atoms with Crippen molar-refractivity contribution in [2.24, 2.45) is 0 Å². The van der Waals surface area contributed by atoms with Gasteiger partial charge in [0.05, 0.1) is 23.3 Å². The Balaban J connectivity index is 1.96. The second-order valence-corrected chi connectivity index (χ2v) is 10.4. The van der Waals surface area contributed by atoms with Crippen molar-refractivity contribution in [3.8, 4) is 10.7 Å². The first-order valence-electron chi connectivity index (χ1n) is 9.33. The molecule has 2 heterocycles. The van der Waals surface area contributed by atoms with Crippen LogP contribution < -0.4 is 5.56 Å². The number of rotatable bonds is 8. The number of hydrogen-bond acceptors (Lipinski definition) is 10. The molecule has 0 aliphatic rings. The lowest BCUT2D eigenvalue weighted by atomic mass is 10.2. The van der Waals surface area contributed by atoms with Gasteiger partial charge < -0.3 is 14.9 Å². The molecule has 0 aliphatic carbocycles. The van der Waals surface area contributed by atoms with E-state index in [0.29, 0.717) is 15.1 Å². The van der Waals surface area contributed by atoms with Crippen molar-refractivity contribution in [2.45, 2.75) is 23.8 Å². The van der Waals surface area contributed by atoms with E-state index in [9.17, 15) is 23.1 Å². The smallest absolute Gasteiger partial charge is 0.306 e. The normalized spacial score (nSPS) is 12.6. The molecule has 2 N–H and O–H groups in total. The molecule has 9 nitrogen and oxygen atoms in total. The SMILES string of the molecule is CS(=O)(=O)c1cc(CCC(=O)OCC(O)CO)nc(-c2nc(=O)c3ccc(Cl)cc3s2)c1. The van der Waals surface area contributed by atoms with Crippen molar-refractivity contribution in [2.75, 3.05) is 19.5 Å². The average Bonchev–Trinajstić information content (AvgIpc) is 2.74. The summed E-state index contributed by atoms with van der Waals surface area (Å²) in [4.78, 5) is 32.7. The second kappa shape index (κ2) is 10.0. The summed E-state index contributed by atoms with van der Waals surface area (Å²) in [7, 11) is -3.62. The van der Waals surface area contributed by atoms with Crippen LogP contribution in [-0.2, 0) is 25.8 Å². The highest BCUT2D eigenvalue weighted by Gasteiger charge is 2.17. The fraction of sp³-hybridized carbons (Fsp3) is 0.300. The van der Waals surface area contributed by atoms with Gasteiger partial charge in [0.1, 0.15) is 23.4 Å². The molecule has 0 radical (unpaired) electrons. The maximum Gasteiger partial charge on any atom is 0.306 e. The predicted octanol–water partition coefficient (Wildman–Crippen LogP) is 1.60. The Labute approximate surface area is 192 Å². The molecule has 0 aliphatic heterocycles. The zero-order valence-corrected chi connectivity index (χ0v) is 19.2. The molecular weight excluding hydrogens is 480 g/mol. The number of hydrogen-bond donors (Lipinski definition) is 2. The van der Waals surface area contributed by atoms with Gasteiger partial charge in [0.2, 0.25) is 0 Å². The Kier molecular flexibility index (Phi) is 7.57. The molecule has 0 spiro atoms. The van der Waals surface area contributed by atoms with Crippen LogP contribution in [0.1, 0.15) is 12.1 Å². The van der Waals surface area contributed by atoms with Gasteiger partial charge in [-0.2, -0.15) is 4.98 Å². The van der Waals surface area contributed by atoms with Crippen LogP contribution in [0.3, 0.4) is 0 Å². The third kappa shape index (κ3) is 6.08. The molecule has 0 amide bonds. The minimum Gasteiger partial charge on any atom is -0.463 e. The molecule has 12 heteroatoms. The Morgan fingerprint density at radius 2 is 2.00 bits per heavy atom. The molecule has 1 aromatic carbocycles. The van der Waals surface area contributed by atoms with Gasteiger partial charge in [-0.15, -0.1) is 11.3 Å². The summed E-state index contributed by atoms with van der Waals surface area (Å²) in [5, 5.41) is 19.0. The minimum atomic E-state index is -3.62. The van der Waals surface area contributed by atoms with Crippen LogP contribution in [0, 0.1) is 0 Å². The summed E-state index contributed by atoms with van der Waals surface area (Å²) >= 11 is 7.16. The van der Waals surface area contributed by atoms with Gasteiger partial charge in [-0.05, 0) is 30.3 Å². The Hall–Kier alpha value is -2.44. The van der Waals surface area contributed by atoms with Gasteiger partial charge in [0, 0.05) is 28.1 Å². The molecule has 1 unspecified atom stereocenters. The largest absolute Gasteiger partial charge is 0.463 e. The van der Waals surface area contributed by atoms with Crippen molar-refractivity contribution < 1.29 is 28.2 Å². The molecule has 32 heavy (non-hydrogen) atoms.